The first-order valence-electron chi connectivity index (χ1n) is 5.80. The minimum absolute atomic E-state index is 0.299. The Kier molecular flexibility index (Phi) is 3.56. The summed E-state index contributed by atoms with van der Waals surface area (Å²) >= 11 is 0. The molecule has 0 spiro atoms. The van der Waals surface area contributed by atoms with Gasteiger partial charge in [0.25, 0.3) is 5.56 Å². The largest absolute Gasteiger partial charge is 0.325 e. The van der Waals surface area contributed by atoms with Crippen LogP contribution >= 0.6 is 0 Å². The minimum atomic E-state index is -0.452. The van der Waals surface area contributed by atoms with Crippen molar-refractivity contribution in [2.24, 2.45) is 0 Å². The van der Waals surface area contributed by atoms with Crippen molar-refractivity contribution in [1.29, 1.82) is 0 Å². The summed E-state index contributed by atoms with van der Waals surface area (Å²) in [7, 11) is 0. The van der Waals surface area contributed by atoms with Gasteiger partial charge in [0.15, 0.2) is 0 Å². The van der Waals surface area contributed by atoms with E-state index in [1.54, 1.807) is 0 Å². The molecule has 5 nitrogen and oxygen atoms in total. The molecule has 2 rings (SSSR count). The van der Waals surface area contributed by atoms with Crippen molar-refractivity contribution in [1.82, 2.24) is 15.3 Å². The Bertz CT molecular complexity index is 443. The van der Waals surface area contributed by atoms with E-state index < -0.39 is 5.69 Å². The molecule has 0 bridgehead atoms. The van der Waals surface area contributed by atoms with E-state index in [2.05, 4.69) is 15.3 Å². The molecule has 1 heterocycles. The standard InChI is InChI=1S/C11H17N3O2/c15-10-8(7-13-11(16)14-10)6-12-9-4-2-1-3-5-9/h7,9,12H,1-6H2,(H2,13,14,15,16). The van der Waals surface area contributed by atoms with E-state index in [1.165, 1.54) is 38.3 Å². The lowest BCUT2D eigenvalue weighted by molar-refractivity contribution is 0.371. The molecule has 0 atom stereocenters. The molecule has 16 heavy (non-hydrogen) atoms. The van der Waals surface area contributed by atoms with Crippen molar-refractivity contribution < 1.29 is 0 Å². The first-order chi connectivity index (χ1) is 7.75. The number of nitrogens with one attached hydrogen (secondary N) is 3. The van der Waals surface area contributed by atoms with Crippen LogP contribution in [0.5, 0.6) is 0 Å². The van der Waals surface area contributed by atoms with Gasteiger partial charge in [0.1, 0.15) is 0 Å². The normalized spacial score (nSPS) is 17.5. The third kappa shape index (κ3) is 2.82. The van der Waals surface area contributed by atoms with Gasteiger partial charge in [-0.05, 0) is 12.8 Å². The number of hydrogen-bond donors (Lipinski definition) is 3. The fraction of sp³-hybridized carbons (Fsp3) is 0.636. The fourth-order valence-corrected chi connectivity index (χ4v) is 2.13. The topological polar surface area (TPSA) is 77.8 Å². The quantitative estimate of drug-likeness (QED) is 0.697. The molecule has 0 amide bonds. The Labute approximate surface area is 93.3 Å². The number of H-pyrrole nitrogens is 2. The Morgan fingerprint density at radius 3 is 2.69 bits per heavy atom. The van der Waals surface area contributed by atoms with Gasteiger partial charge in [-0.2, -0.15) is 0 Å². The van der Waals surface area contributed by atoms with E-state index in [0.29, 0.717) is 18.2 Å². The average molecular weight is 223 g/mol. The zero-order chi connectivity index (χ0) is 11.4. The van der Waals surface area contributed by atoms with Gasteiger partial charge in [0, 0.05) is 24.3 Å². The molecular weight excluding hydrogens is 206 g/mol. The van der Waals surface area contributed by atoms with Crippen LogP contribution in [-0.4, -0.2) is 16.0 Å². The van der Waals surface area contributed by atoms with E-state index in [4.69, 9.17) is 0 Å². The molecule has 0 aromatic carbocycles. The van der Waals surface area contributed by atoms with E-state index in [0.717, 1.165) is 0 Å². The van der Waals surface area contributed by atoms with Crippen molar-refractivity contribution in [3.8, 4) is 0 Å². The van der Waals surface area contributed by atoms with Gasteiger partial charge in [0.05, 0.1) is 0 Å². The van der Waals surface area contributed by atoms with Gasteiger partial charge >= 0.3 is 5.69 Å². The lowest BCUT2D eigenvalue weighted by Gasteiger charge is -2.22. The van der Waals surface area contributed by atoms with Crippen molar-refractivity contribution in [2.75, 3.05) is 0 Å². The SMILES string of the molecule is O=c1[nH]cc(CNC2CCCCC2)c(=O)[nH]1. The predicted octanol–water partition coefficient (Wildman–Crippen LogP) is 0.485. The van der Waals surface area contributed by atoms with Crippen molar-refractivity contribution >= 4 is 0 Å². The Morgan fingerprint density at radius 2 is 2.00 bits per heavy atom. The summed E-state index contributed by atoms with van der Waals surface area (Å²) in [5.74, 6) is 0. The average Bonchev–Trinajstić information content (AvgIpc) is 2.29. The van der Waals surface area contributed by atoms with E-state index in [-0.39, 0.29) is 5.56 Å². The van der Waals surface area contributed by atoms with Crippen LogP contribution in [0.4, 0.5) is 0 Å². The smallest absolute Gasteiger partial charge is 0.314 e. The second-order valence-electron chi connectivity index (χ2n) is 4.31. The van der Waals surface area contributed by atoms with Gasteiger partial charge in [0.2, 0.25) is 0 Å². The summed E-state index contributed by atoms with van der Waals surface area (Å²) < 4.78 is 0. The summed E-state index contributed by atoms with van der Waals surface area (Å²) in [4.78, 5) is 26.9. The highest BCUT2D eigenvalue weighted by Gasteiger charge is 2.12. The summed E-state index contributed by atoms with van der Waals surface area (Å²) in [6, 6.07) is 0.514. The van der Waals surface area contributed by atoms with Gasteiger partial charge in [-0.25, -0.2) is 4.79 Å². The molecule has 0 unspecified atom stereocenters. The highest BCUT2D eigenvalue weighted by molar-refractivity contribution is 5.02. The predicted molar refractivity (Wildman–Crippen MR) is 61.4 cm³/mol. The lowest BCUT2D eigenvalue weighted by atomic mass is 9.95. The maximum atomic E-state index is 11.4. The van der Waals surface area contributed by atoms with Crippen LogP contribution in [0.1, 0.15) is 37.7 Å². The summed E-state index contributed by atoms with van der Waals surface area (Å²) in [6.07, 6.45) is 7.69. The number of aromatic amines is 2. The first kappa shape index (κ1) is 11.1. The monoisotopic (exact) mass is 223 g/mol. The third-order valence-electron chi connectivity index (χ3n) is 3.08. The maximum absolute atomic E-state index is 11.4. The molecule has 1 saturated carbocycles. The van der Waals surface area contributed by atoms with Crippen molar-refractivity contribution in [3.63, 3.8) is 0 Å². The Morgan fingerprint density at radius 1 is 1.25 bits per heavy atom. The molecule has 5 heteroatoms. The van der Waals surface area contributed by atoms with E-state index in [9.17, 15) is 9.59 Å². The Hall–Kier alpha value is -1.36. The molecule has 1 aliphatic carbocycles. The van der Waals surface area contributed by atoms with E-state index >= 15 is 0 Å². The molecule has 1 aromatic rings. The summed E-state index contributed by atoms with van der Waals surface area (Å²) in [6.45, 7) is 0.525. The molecule has 1 fully saturated rings. The Balaban J connectivity index is 1.93. The van der Waals surface area contributed by atoms with Crippen LogP contribution in [-0.2, 0) is 6.54 Å². The maximum Gasteiger partial charge on any atom is 0.325 e. The number of rotatable bonds is 3. The first-order valence-corrected chi connectivity index (χ1v) is 5.80. The molecule has 0 radical (unpaired) electrons. The zero-order valence-electron chi connectivity index (χ0n) is 9.21. The fourth-order valence-electron chi connectivity index (χ4n) is 2.13. The van der Waals surface area contributed by atoms with Crippen LogP contribution in [0.2, 0.25) is 0 Å². The van der Waals surface area contributed by atoms with Crippen LogP contribution in [0.15, 0.2) is 15.8 Å². The van der Waals surface area contributed by atoms with Crippen LogP contribution in [0.3, 0.4) is 0 Å². The summed E-state index contributed by atoms with van der Waals surface area (Å²) in [5.41, 5.74) is -0.163. The molecule has 0 aliphatic heterocycles. The lowest BCUT2D eigenvalue weighted by Crippen LogP contribution is -2.34. The van der Waals surface area contributed by atoms with Gasteiger partial charge in [-0.1, -0.05) is 19.3 Å². The van der Waals surface area contributed by atoms with E-state index in [1.807, 2.05) is 0 Å². The molecule has 1 aromatic heterocycles. The third-order valence-corrected chi connectivity index (χ3v) is 3.08. The van der Waals surface area contributed by atoms with Crippen LogP contribution in [0.25, 0.3) is 0 Å². The van der Waals surface area contributed by atoms with Crippen molar-refractivity contribution in [3.05, 3.63) is 32.6 Å². The van der Waals surface area contributed by atoms with Crippen LogP contribution < -0.4 is 16.6 Å². The van der Waals surface area contributed by atoms with Gasteiger partial charge in [-0.3, -0.25) is 9.78 Å². The number of hydrogen-bond acceptors (Lipinski definition) is 3. The van der Waals surface area contributed by atoms with Gasteiger partial charge in [-0.15, -0.1) is 0 Å². The minimum Gasteiger partial charge on any atom is -0.314 e. The van der Waals surface area contributed by atoms with Crippen molar-refractivity contribution in [2.45, 2.75) is 44.7 Å². The molecule has 0 saturated heterocycles. The summed E-state index contributed by atoms with van der Waals surface area (Å²) in [5, 5.41) is 3.36. The second-order valence-corrected chi connectivity index (χ2v) is 4.31. The highest BCUT2D eigenvalue weighted by atomic mass is 16.2. The highest BCUT2D eigenvalue weighted by Crippen LogP contribution is 2.17. The zero-order valence-corrected chi connectivity index (χ0v) is 9.21. The van der Waals surface area contributed by atoms with Crippen LogP contribution in [0, 0.1) is 0 Å². The second kappa shape index (κ2) is 5.12. The molecule has 1 aliphatic rings. The molecular formula is C11H17N3O2. The van der Waals surface area contributed by atoms with Gasteiger partial charge < -0.3 is 10.3 Å². The molecule has 3 N–H and O–H groups in total. The number of aromatic nitrogens is 2. The molecule has 88 valence electrons.